The first-order chi connectivity index (χ1) is 10.0. The molecule has 5 nitrogen and oxygen atoms in total. The van der Waals surface area contributed by atoms with Crippen molar-refractivity contribution >= 4 is 21.8 Å². The van der Waals surface area contributed by atoms with Gasteiger partial charge in [0.15, 0.2) is 18.2 Å². The number of benzene rings is 1. The molecule has 1 aromatic heterocycles. The lowest BCUT2D eigenvalue weighted by molar-refractivity contribution is -0.123. The summed E-state index contributed by atoms with van der Waals surface area (Å²) >= 11 is 3.15. The lowest BCUT2D eigenvalue weighted by Gasteiger charge is -2.14. The number of rotatable bonds is 6. The topological polar surface area (TPSA) is 56.2 Å². The summed E-state index contributed by atoms with van der Waals surface area (Å²) in [6.07, 6.45) is 3.49. The van der Waals surface area contributed by atoms with Crippen LogP contribution in [-0.2, 0) is 11.3 Å². The number of carbonyl (C=O) groups excluding carboxylic acids is 1. The highest BCUT2D eigenvalue weighted by Crippen LogP contribution is 2.21. The van der Waals surface area contributed by atoms with Crippen molar-refractivity contribution < 1.29 is 13.9 Å². The minimum Gasteiger partial charge on any atom is -0.481 e. The molecular formula is C14H15BrFN3O2. The number of hydrogen-bond donors (Lipinski definition) is 1. The van der Waals surface area contributed by atoms with Crippen LogP contribution in [0.1, 0.15) is 6.92 Å². The van der Waals surface area contributed by atoms with Crippen LogP contribution in [0.3, 0.4) is 0 Å². The molecule has 0 aliphatic heterocycles. The Hall–Kier alpha value is -1.89. The van der Waals surface area contributed by atoms with Gasteiger partial charge < -0.3 is 10.1 Å². The third kappa shape index (κ3) is 4.86. The monoisotopic (exact) mass is 355 g/mol. The van der Waals surface area contributed by atoms with E-state index in [0.29, 0.717) is 11.0 Å². The number of hydrogen-bond acceptors (Lipinski definition) is 3. The summed E-state index contributed by atoms with van der Waals surface area (Å²) in [6, 6.07) is 6.12. The van der Waals surface area contributed by atoms with E-state index in [1.165, 1.54) is 12.1 Å². The van der Waals surface area contributed by atoms with E-state index < -0.39 is 5.82 Å². The highest BCUT2D eigenvalue weighted by Gasteiger charge is 2.10. The van der Waals surface area contributed by atoms with E-state index in [1.54, 1.807) is 16.9 Å². The molecule has 2 aromatic rings. The highest BCUT2D eigenvalue weighted by molar-refractivity contribution is 9.10. The normalized spacial score (nSPS) is 12.0. The fourth-order valence-corrected chi connectivity index (χ4v) is 2.12. The molecule has 1 aromatic carbocycles. The van der Waals surface area contributed by atoms with Gasteiger partial charge in [-0.25, -0.2) is 4.39 Å². The SMILES string of the molecule is CC(Cn1cccn1)NC(=O)COc1ccc(Br)cc1F. The van der Waals surface area contributed by atoms with Crippen molar-refractivity contribution in [3.63, 3.8) is 0 Å². The predicted molar refractivity (Wildman–Crippen MR) is 79.4 cm³/mol. The van der Waals surface area contributed by atoms with Gasteiger partial charge in [-0.3, -0.25) is 9.48 Å². The summed E-state index contributed by atoms with van der Waals surface area (Å²) < 4.78 is 21.0. The number of nitrogens with zero attached hydrogens (tertiary/aromatic N) is 2. The van der Waals surface area contributed by atoms with Crippen LogP contribution >= 0.6 is 15.9 Å². The Morgan fingerprint density at radius 3 is 3.05 bits per heavy atom. The lowest BCUT2D eigenvalue weighted by atomic mass is 10.3. The second-order valence-corrected chi connectivity index (χ2v) is 5.48. The van der Waals surface area contributed by atoms with E-state index >= 15 is 0 Å². The maximum absolute atomic E-state index is 13.5. The fraction of sp³-hybridized carbons (Fsp3) is 0.286. The number of aromatic nitrogens is 2. The predicted octanol–water partition coefficient (Wildman–Crippen LogP) is 2.37. The standard InChI is InChI=1S/C14H15BrFN3O2/c1-10(8-19-6-2-5-17-19)18-14(20)9-21-13-4-3-11(15)7-12(13)16/h2-7,10H,8-9H2,1H3,(H,18,20). The van der Waals surface area contributed by atoms with Gasteiger partial charge in [0.05, 0.1) is 6.54 Å². The Morgan fingerprint density at radius 2 is 2.38 bits per heavy atom. The van der Waals surface area contributed by atoms with Crippen molar-refractivity contribution in [1.82, 2.24) is 15.1 Å². The minimum atomic E-state index is -0.512. The van der Waals surface area contributed by atoms with E-state index in [9.17, 15) is 9.18 Å². The van der Waals surface area contributed by atoms with Crippen LogP contribution in [0.4, 0.5) is 4.39 Å². The van der Waals surface area contributed by atoms with Crippen molar-refractivity contribution in [2.24, 2.45) is 0 Å². The van der Waals surface area contributed by atoms with E-state index in [1.807, 2.05) is 19.2 Å². The summed E-state index contributed by atoms with van der Waals surface area (Å²) in [5.41, 5.74) is 0. The summed E-state index contributed by atoms with van der Waals surface area (Å²) in [5, 5.41) is 6.82. The van der Waals surface area contributed by atoms with E-state index in [4.69, 9.17) is 4.74 Å². The molecule has 0 saturated carbocycles. The Labute approximate surface area is 130 Å². The van der Waals surface area contributed by atoms with Gasteiger partial charge in [-0.2, -0.15) is 5.10 Å². The zero-order valence-electron chi connectivity index (χ0n) is 11.4. The Bertz CT molecular complexity index is 604. The number of ether oxygens (including phenoxy) is 1. The first kappa shape index (κ1) is 15.5. The summed E-state index contributed by atoms with van der Waals surface area (Å²) in [5.74, 6) is -0.771. The van der Waals surface area contributed by atoms with Crippen LogP contribution in [0.25, 0.3) is 0 Å². The zero-order valence-corrected chi connectivity index (χ0v) is 13.0. The van der Waals surface area contributed by atoms with Crippen LogP contribution in [0, 0.1) is 5.82 Å². The average Bonchev–Trinajstić information content (AvgIpc) is 2.90. The largest absolute Gasteiger partial charge is 0.481 e. The van der Waals surface area contributed by atoms with Gasteiger partial charge in [-0.15, -0.1) is 0 Å². The van der Waals surface area contributed by atoms with Crippen molar-refractivity contribution in [3.05, 3.63) is 46.9 Å². The maximum atomic E-state index is 13.5. The molecule has 0 fully saturated rings. The molecule has 21 heavy (non-hydrogen) atoms. The molecule has 112 valence electrons. The number of halogens is 2. The summed E-state index contributed by atoms with van der Waals surface area (Å²) in [6.45, 7) is 2.19. The van der Waals surface area contributed by atoms with Gasteiger partial charge in [-0.1, -0.05) is 15.9 Å². The summed E-state index contributed by atoms with van der Waals surface area (Å²) in [4.78, 5) is 11.7. The number of amides is 1. The van der Waals surface area contributed by atoms with Crippen molar-refractivity contribution in [2.45, 2.75) is 19.5 Å². The Balaban J connectivity index is 1.79. The van der Waals surface area contributed by atoms with Gasteiger partial charge >= 0.3 is 0 Å². The van der Waals surface area contributed by atoms with E-state index in [0.717, 1.165) is 0 Å². The molecule has 0 aliphatic carbocycles. The quantitative estimate of drug-likeness (QED) is 0.865. The van der Waals surface area contributed by atoms with Gasteiger partial charge in [0.2, 0.25) is 0 Å². The molecule has 0 aliphatic rings. The van der Waals surface area contributed by atoms with Crippen LogP contribution in [0.5, 0.6) is 5.75 Å². The van der Waals surface area contributed by atoms with Gasteiger partial charge in [0, 0.05) is 22.9 Å². The first-order valence-corrected chi connectivity index (χ1v) is 7.18. The van der Waals surface area contributed by atoms with Crippen LogP contribution in [-0.4, -0.2) is 28.3 Å². The number of carbonyl (C=O) groups is 1. The van der Waals surface area contributed by atoms with Gasteiger partial charge in [0.25, 0.3) is 5.91 Å². The van der Waals surface area contributed by atoms with Crippen LogP contribution in [0.15, 0.2) is 41.1 Å². The second-order valence-electron chi connectivity index (χ2n) is 4.56. The molecule has 1 unspecified atom stereocenters. The van der Waals surface area contributed by atoms with Crippen LogP contribution in [0.2, 0.25) is 0 Å². The van der Waals surface area contributed by atoms with Crippen molar-refractivity contribution in [1.29, 1.82) is 0 Å². The zero-order chi connectivity index (χ0) is 15.2. The fourth-order valence-electron chi connectivity index (χ4n) is 1.79. The molecular weight excluding hydrogens is 341 g/mol. The lowest BCUT2D eigenvalue weighted by Crippen LogP contribution is -2.38. The smallest absolute Gasteiger partial charge is 0.258 e. The Kier molecular flexibility index (Phi) is 5.32. The number of nitrogens with one attached hydrogen (secondary N) is 1. The molecule has 1 amide bonds. The van der Waals surface area contributed by atoms with Gasteiger partial charge in [0.1, 0.15) is 0 Å². The molecule has 7 heteroatoms. The summed E-state index contributed by atoms with van der Waals surface area (Å²) in [7, 11) is 0. The van der Waals surface area contributed by atoms with Crippen molar-refractivity contribution in [3.8, 4) is 5.75 Å². The molecule has 0 spiro atoms. The second kappa shape index (κ2) is 7.21. The molecule has 1 N–H and O–H groups in total. The van der Waals surface area contributed by atoms with E-state index in [-0.39, 0.29) is 24.3 Å². The minimum absolute atomic E-state index is 0.0491. The highest BCUT2D eigenvalue weighted by atomic mass is 79.9. The third-order valence-corrected chi connectivity index (χ3v) is 3.17. The third-order valence-electron chi connectivity index (χ3n) is 2.68. The molecule has 1 atom stereocenters. The first-order valence-electron chi connectivity index (χ1n) is 6.39. The maximum Gasteiger partial charge on any atom is 0.258 e. The van der Waals surface area contributed by atoms with Gasteiger partial charge in [-0.05, 0) is 31.2 Å². The molecule has 1 heterocycles. The average molecular weight is 356 g/mol. The molecule has 0 bridgehead atoms. The van der Waals surface area contributed by atoms with E-state index in [2.05, 4.69) is 26.3 Å². The Morgan fingerprint density at radius 1 is 1.57 bits per heavy atom. The molecule has 0 saturated heterocycles. The molecule has 2 rings (SSSR count). The molecule has 0 radical (unpaired) electrons. The van der Waals surface area contributed by atoms with Crippen LogP contribution < -0.4 is 10.1 Å². The van der Waals surface area contributed by atoms with Crippen molar-refractivity contribution in [2.75, 3.05) is 6.61 Å².